The Bertz CT molecular complexity index is 683. The molecule has 3 rings (SSSR count). The molecule has 0 bridgehead atoms. The van der Waals surface area contributed by atoms with Crippen LogP contribution in [-0.4, -0.2) is 30.2 Å². The maximum absolute atomic E-state index is 11.2. The third kappa shape index (κ3) is 2.88. The fourth-order valence-electron chi connectivity index (χ4n) is 1.92. The van der Waals surface area contributed by atoms with Gasteiger partial charge in [-0.3, -0.25) is 10.1 Å². The fourth-order valence-corrected chi connectivity index (χ4v) is 2.85. The minimum atomic E-state index is -0.750. The van der Waals surface area contributed by atoms with E-state index in [4.69, 9.17) is 0 Å². The third-order valence-electron chi connectivity index (χ3n) is 3.22. The maximum Gasteiger partial charge on any atom is 0.283 e. The minimum Gasteiger partial charge on any atom is -0.389 e. The Labute approximate surface area is 124 Å². The lowest BCUT2D eigenvalue weighted by atomic mass is 10.1. The fraction of sp³-hybridized carbons (Fsp3) is 0.417. The predicted molar refractivity (Wildman–Crippen MR) is 73.9 cm³/mol. The molecule has 0 unspecified atom stereocenters. The Hall–Kier alpha value is -2.00. The van der Waals surface area contributed by atoms with Crippen LogP contribution in [0, 0.1) is 10.1 Å². The van der Waals surface area contributed by atoms with E-state index in [0.717, 1.165) is 12.8 Å². The van der Waals surface area contributed by atoms with Crippen LogP contribution in [0.1, 0.15) is 37.5 Å². The van der Waals surface area contributed by atoms with Crippen molar-refractivity contribution in [1.82, 2.24) is 20.2 Å². The second kappa shape index (κ2) is 5.41. The molecule has 21 heavy (non-hydrogen) atoms. The van der Waals surface area contributed by atoms with Gasteiger partial charge in [0.25, 0.3) is 5.69 Å². The first-order valence-electron chi connectivity index (χ1n) is 6.48. The highest BCUT2D eigenvalue weighted by molar-refractivity contribution is 7.99. The van der Waals surface area contributed by atoms with E-state index in [1.54, 1.807) is 23.7 Å². The van der Waals surface area contributed by atoms with Crippen LogP contribution < -0.4 is 0 Å². The van der Waals surface area contributed by atoms with Crippen molar-refractivity contribution in [2.75, 3.05) is 0 Å². The van der Waals surface area contributed by atoms with Crippen LogP contribution in [-0.2, 0) is 0 Å². The Morgan fingerprint density at radius 2 is 2.29 bits per heavy atom. The molecule has 1 aromatic carbocycles. The molecule has 1 saturated carbocycles. The standard InChI is InChI=1S/C12H13N5O3S/c1-7(18)8-2-5-11(10(6-8)17(19)20)21-12-13-14-15-16(12)9-3-4-9/h2,5-7,9,18H,3-4H2,1H3/t7-/m0/s1. The van der Waals surface area contributed by atoms with Gasteiger partial charge in [-0.25, -0.2) is 4.68 Å². The zero-order valence-electron chi connectivity index (χ0n) is 11.2. The van der Waals surface area contributed by atoms with Crippen molar-refractivity contribution >= 4 is 17.4 Å². The number of aliphatic hydroxyl groups is 1. The molecule has 1 atom stereocenters. The summed E-state index contributed by atoms with van der Waals surface area (Å²) in [4.78, 5) is 11.2. The molecular formula is C12H13N5O3S. The molecule has 8 nitrogen and oxygen atoms in total. The monoisotopic (exact) mass is 307 g/mol. The second-order valence-corrected chi connectivity index (χ2v) is 5.91. The van der Waals surface area contributed by atoms with E-state index < -0.39 is 11.0 Å². The summed E-state index contributed by atoms with van der Waals surface area (Å²) in [6, 6.07) is 4.98. The van der Waals surface area contributed by atoms with E-state index in [1.165, 1.54) is 17.8 Å². The highest BCUT2D eigenvalue weighted by Gasteiger charge is 2.29. The van der Waals surface area contributed by atoms with Crippen LogP contribution in [0.5, 0.6) is 0 Å². The smallest absolute Gasteiger partial charge is 0.283 e. The van der Waals surface area contributed by atoms with E-state index in [2.05, 4.69) is 15.5 Å². The molecule has 1 aliphatic rings. The zero-order valence-corrected chi connectivity index (χ0v) is 12.0. The van der Waals surface area contributed by atoms with Crippen LogP contribution >= 0.6 is 11.8 Å². The summed E-state index contributed by atoms with van der Waals surface area (Å²) in [5.41, 5.74) is 0.455. The van der Waals surface area contributed by atoms with E-state index in [9.17, 15) is 15.2 Å². The SMILES string of the molecule is C[C@H](O)c1ccc(Sc2nnnn2C2CC2)c([N+](=O)[O-])c1. The summed E-state index contributed by atoms with van der Waals surface area (Å²) in [6.45, 7) is 1.57. The van der Waals surface area contributed by atoms with Crippen molar-refractivity contribution in [1.29, 1.82) is 0 Å². The maximum atomic E-state index is 11.2. The normalized spacial score (nSPS) is 15.9. The quantitative estimate of drug-likeness (QED) is 0.666. The average Bonchev–Trinajstić information content (AvgIpc) is 3.19. The molecule has 2 aromatic rings. The zero-order chi connectivity index (χ0) is 15.0. The highest BCUT2D eigenvalue weighted by Crippen LogP contribution is 2.40. The number of hydrogen-bond acceptors (Lipinski definition) is 7. The van der Waals surface area contributed by atoms with Gasteiger partial charge in [0.2, 0.25) is 5.16 Å². The summed E-state index contributed by atoms with van der Waals surface area (Å²) in [7, 11) is 0. The molecule has 9 heteroatoms. The number of nitrogens with zero attached hydrogens (tertiary/aromatic N) is 5. The Balaban J connectivity index is 1.94. The van der Waals surface area contributed by atoms with Crippen molar-refractivity contribution in [3.05, 3.63) is 33.9 Å². The van der Waals surface area contributed by atoms with Gasteiger partial charge in [-0.2, -0.15) is 0 Å². The van der Waals surface area contributed by atoms with Gasteiger partial charge in [-0.05, 0) is 53.6 Å². The number of rotatable bonds is 5. The van der Waals surface area contributed by atoms with Gasteiger partial charge in [0.1, 0.15) is 0 Å². The van der Waals surface area contributed by atoms with Crippen molar-refractivity contribution in [3.8, 4) is 0 Å². The Morgan fingerprint density at radius 3 is 2.90 bits per heavy atom. The van der Waals surface area contributed by atoms with Gasteiger partial charge in [-0.15, -0.1) is 5.10 Å². The lowest BCUT2D eigenvalue weighted by molar-refractivity contribution is -0.387. The number of hydrogen-bond donors (Lipinski definition) is 1. The molecule has 1 heterocycles. The molecule has 0 saturated heterocycles. The largest absolute Gasteiger partial charge is 0.389 e. The van der Waals surface area contributed by atoms with E-state index in [1.807, 2.05) is 0 Å². The highest BCUT2D eigenvalue weighted by atomic mass is 32.2. The molecule has 1 aliphatic carbocycles. The number of aromatic nitrogens is 4. The van der Waals surface area contributed by atoms with Crippen LogP contribution in [0.15, 0.2) is 28.3 Å². The lowest BCUT2D eigenvalue weighted by Crippen LogP contribution is -2.00. The molecule has 0 amide bonds. The van der Waals surface area contributed by atoms with Crippen LogP contribution in [0.3, 0.4) is 0 Å². The lowest BCUT2D eigenvalue weighted by Gasteiger charge is -2.07. The number of tetrazole rings is 1. The summed E-state index contributed by atoms with van der Waals surface area (Å²) in [5, 5.41) is 32.8. The van der Waals surface area contributed by atoms with Crippen LogP contribution in [0.2, 0.25) is 0 Å². The summed E-state index contributed by atoms with van der Waals surface area (Å²) in [5.74, 6) is 0. The predicted octanol–water partition coefficient (Wildman–Crippen LogP) is 2.12. The van der Waals surface area contributed by atoms with Gasteiger partial charge in [-0.1, -0.05) is 6.07 Å². The van der Waals surface area contributed by atoms with Gasteiger partial charge >= 0.3 is 0 Å². The summed E-state index contributed by atoms with van der Waals surface area (Å²) >= 11 is 1.17. The number of nitro groups is 1. The molecular weight excluding hydrogens is 294 g/mol. The first kappa shape index (κ1) is 14.0. The topological polar surface area (TPSA) is 107 Å². The van der Waals surface area contributed by atoms with Crippen LogP contribution in [0.25, 0.3) is 0 Å². The Kier molecular flexibility index (Phi) is 3.60. The van der Waals surface area contributed by atoms with Gasteiger partial charge < -0.3 is 5.11 Å². The average molecular weight is 307 g/mol. The van der Waals surface area contributed by atoms with Crippen molar-refractivity contribution in [3.63, 3.8) is 0 Å². The van der Waals surface area contributed by atoms with E-state index >= 15 is 0 Å². The van der Waals surface area contributed by atoms with E-state index in [-0.39, 0.29) is 5.69 Å². The van der Waals surface area contributed by atoms with Crippen molar-refractivity contribution in [2.24, 2.45) is 0 Å². The van der Waals surface area contributed by atoms with Gasteiger partial charge in [0.05, 0.1) is 22.0 Å². The number of aliphatic hydroxyl groups excluding tert-OH is 1. The van der Waals surface area contributed by atoms with Gasteiger partial charge in [0.15, 0.2) is 0 Å². The molecule has 0 radical (unpaired) electrons. The molecule has 0 spiro atoms. The Morgan fingerprint density at radius 1 is 1.52 bits per heavy atom. The molecule has 1 aromatic heterocycles. The molecule has 1 fully saturated rings. The molecule has 0 aliphatic heterocycles. The summed E-state index contributed by atoms with van der Waals surface area (Å²) in [6.07, 6.45) is 1.31. The first-order chi connectivity index (χ1) is 10.1. The number of nitro benzene ring substituents is 1. The first-order valence-corrected chi connectivity index (χ1v) is 7.30. The van der Waals surface area contributed by atoms with E-state index in [0.29, 0.717) is 21.7 Å². The second-order valence-electron chi connectivity index (χ2n) is 4.90. The molecule has 110 valence electrons. The third-order valence-corrected chi connectivity index (χ3v) is 4.24. The van der Waals surface area contributed by atoms with Crippen molar-refractivity contribution < 1.29 is 10.0 Å². The summed E-state index contributed by atoms with van der Waals surface area (Å²) < 4.78 is 1.71. The number of benzene rings is 1. The molecule has 1 N–H and O–H groups in total. The van der Waals surface area contributed by atoms with Crippen molar-refractivity contribution in [2.45, 2.75) is 42.0 Å². The van der Waals surface area contributed by atoms with Crippen LogP contribution in [0.4, 0.5) is 5.69 Å². The minimum absolute atomic E-state index is 0.0521. The van der Waals surface area contributed by atoms with Gasteiger partial charge in [0, 0.05) is 6.07 Å².